The van der Waals surface area contributed by atoms with Gasteiger partial charge in [-0.3, -0.25) is 4.79 Å². The number of carbonyl (C=O) groups excluding carboxylic acids is 1. The summed E-state index contributed by atoms with van der Waals surface area (Å²) in [4.78, 5) is 11.4. The molecule has 0 bridgehead atoms. The van der Waals surface area contributed by atoms with Gasteiger partial charge in [-0.15, -0.1) is 0 Å². The molecule has 0 aromatic heterocycles. The van der Waals surface area contributed by atoms with Crippen LogP contribution in [0, 0.1) is 6.92 Å². The third-order valence-electron chi connectivity index (χ3n) is 2.48. The maximum Gasteiger partial charge on any atom is 0.310 e. The molecule has 16 heavy (non-hydrogen) atoms. The van der Waals surface area contributed by atoms with E-state index in [0.717, 1.165) is 16.3 Å². The summed E-state index contributed by atoms with van der Waals surface area (Å²) in [6.07, 6.45) is 0.302. The van der Waals surface area contributed by atoms with Gasteiger partial charge in [0.15, 0.2) is 0 Å². The van der Waals surface area contributed by atoms with E-state index in [4.69, 9.17) is 4.74 Å². The Kier molecular flexibility index (Phi) is 3.20. The lowest BCUT2D eigenvalue weighted by Crippen LogP contribution is -2.07. The van der Waals surface area contributed by atoms with Crippen LogP contribution in [0.5, 0.6) is 0 Å². The number of esters is 1. The Bertz CT molecular complexity index is 498. The molecule has 0 saturated heterocycles. The van der Waals surface area contributed by atoms with E-state index in [1.807, 2.05) is 42.5 Å². The van der Waals surface area contributed by atoms with E-state index in [9.17, 15) is 4.79 Å². The van der Waals surface area contributed by atoms with Crippen LogP contribution in [0.15, 0.2) is 42.5 Å². The molecule has 2 aromatic rings. The van der Waals surface area contributed by atoms with Gasteiger partial charge in [-0.25, -0.2) is 0 Å². The second-order valence-corrected chi connectivity index (χ2v) is 3.54. The van der Waals surface area contributed by atoms with Gasteiger partial charge in [-0.2, -0.15) is 0 Å². The van der Waals surface area contributed by atoms with Crippen molar-refractivity contribution in [3.05, 3.63) is 55.0 Å². The largest absolute Gasteiger partial charge is 0.465 e. The van der Waals surface area contributed by atoms with Crippen molar-refractivity contribution in [1.29, 1.82) is 0 Å². The van der Waals surface area contributed by atoms with Crippen molar-refractivity contribution in [2.45, 2.75) is 6.42 Å². The topological polar surface area (TPSA) is 26.3 Å². The average Bonchev–Trinajstić information content (AvgIpc) is 2.30. The lowest BCUT2D eigenvalue weighted by atomic mass is 10.0. The molecule has 2 heteroatoms. The summed E-state index contributed by atoms with van der Waals surface area (Å²) < 4.78 is 4.84. The predicted molar refractivity (Wildman–Crippen MR) is 64.0 cm³/mol. The fourth-order valence-corrected chi connectivity index (χ4v) is 1.77. The van der Waals surface area contributed by atoms with Crippen LogP contribution in [0.4, 0.5) is 0 Å². The zero-order chi connectivity index (χ0) is 11.4. The molecular formula is C14H13O2. The van der Waals surface area contributed by atoms with Gasteiger partial charge in [-0.1, -0.05) is 42.5 Å². The van der Waals surface area contributed by atoms with Gasteiger partial charge in [0.2, 0.25) is 0 Å². The van der Waals surface area contributed by atoms with Gasteiger partial charge in [0, 0.05) is 0 Å². The second kappa shape index (κ2) is 4.79. The lowest BCUT2D eigenvalue weighted by molar-refractivity contribution is -0.141. The molecule has 0 heterocycles. The van der Waals surface area contributed by atoms with Crippen molar-refractivity contribution in [3.8, 4) is 0 Å². The Labute approximate surface area is 94.8 Å². The number of hydrogen-bond donors (Lipinski definition) is 0. The zero-order valence-corrected chi connectivity index (χ0v) is 8.98. The van der Waals surface area contributed by atoms with Crippen molar-refractivity contribution in [2.24, 2.45) is 0 Å². The predicted octanol–water partition coefficient (Wildman–Crippen LogP) is 2.76. The van der Waals surface area contributed by atoms with Crippen LogP contribution < -0.4 is 0 Å². The smallest absolute Gasteiger partial charge is 0.310 e. The fraction of sp³-hybridized carbons (Fsp3) is 0.143. The summed E-state index contributed by atoms with van der Waals surface area (Å²) >= 11 is 0. The third kappa shape index (κ3) is 2.22. The van der Waals surface area contributed by atoms with Gasteiger partial charge >= 0.3 is 5.97 Å². The highest BCUT2D eigenvalue weighted by molar-refractivity contribution is 5.88. The highest BCUT2D eigenvalue weighted by Gasteiger charge is 2.06. The molecule has 0 aliphatic carbocycles. The molecule has 2 rings (SSSR count). The third-order valence-corrected chi connectivity index (χ3v) is 2.48. The normalized spacial score (nSPS) is 10.3. The zero-order valence-electron chi connectivity index (χ0n) is 8.98. The van der Waals surface area contributed by atoms with Crippen LogP contribution in [0.25, 0.3) is 10.8 Å². The van der Waals surface area contributed by atoms with Crippen LogP contribution in [-0.4, -0.2) is 12.6 Å². The molecule has 2 aromatic carbocycles. The Morgan fingerprint density at radius 1 is 1.12 bits per heavy atom. The Morgan fingerprint density at radius 2 is 1.88 bits per heavy atom. The van der Waals surface area contributed by atoms with E-state index >= 15 is 0 Å². The fourth-order valence-electron chi connectivity index (χ4n) is 1.77. The lowest BCUT2D eigenvalue weighted by Gasteiger charge is -2.05. The number of benzene rings is 2. The molecule has 0 saturated carbocycles. The molecule has 0 fully saturated rings. The highest BCUT2D eigenvalue weighted by Crippen LogP contribution is 2.19. The minimum atomic E-state index is -0.230. The first-order valence-corrected chi connectivity index (χ1v) is 5.23. The van der Waals surface area contributed by atoms with Crippen molar-refractivity contribution in [3.63, 3.8) is 0 Å². The summed E-state index contributed by atoms with van der Waals surface area (Å²) in [5, 5.41) is 2.24. The van der Waals surface area contributed by atoms with Crippen LogP contribution >= 0.6 is 0 Å². The molecule has 0 aliphatic heterocycles. The number of rotatable bonds is 3. The van der Waals surface area contributed by atoms with Gasteiger partial charge < -0.3 is 4.74 Å². The first-order chi connectivity index (χ1) is 7.81. The first kappa shape index (κ1) is 10.7. The number of hydrogen-bond acceptors (Lipinski definition) is 2. The van der Waals surface area contributed by atoms with Gasteiger partial charge in [0.25, 0.3) is 0 Å². The van der Waals surface area contributed by atoms with E-state index < -0.39 is 0 Å². The molecular weight excluding hydrogens is 200 g/mol. The maximum atomic E-state index is 11.4. The van der Waals surface area contributed by atoms with Crippen molar-refractivity contribution in [1.82, 2.24) is 0 Å². The van der Waals surface area contributed by atoms with Crippen molar-refractivity contribution < 1.29 is 9.53 Å². The highest BCUT2D eigenvalue weighted by atomic mass is 16.5. The Hall–Kier alpha value is -1.83. The summed E-state index contributed by atoms with van der Waals surface area (Å²) in [6.45, 7) is 3.67. The molecule has 0 unspecified atom stereocenters. The van der Waals surface area contributed by atoms with Crippen molar-refractivity contribution >= 4 is 16.7 Å². The van der Waals surface area contributed by atoms with Crippen LogP contribution in [-0.2, 0) is 16.0 Å². The van der Waals surface area contributed by atoms with E-state index in [1.54, 1.807) is 0 Å². The molecule has 81 valence electrons. The SMILES string of the molecule is [CH2]COC(=O)Cc1cccc2ccccc12. The number of carbonyl (C=O) groups is 1. The van der Waals surface area contributed by atoms with Gasteiger partial charge in [0.1, 0.15) is 0 Å². The van der Waals surface area contributed by atoms with Crippen molar-refractivity contribution in [2.75, 3.05) is 6.61 Å². The number of ether oxygens (including phenoxy) is 1. The minimum Gasteiger partial charge on any atom is -0.465 e. The van der Waals surface area contributed by atoms with E-state index in [0.29, 0.717) is 6.42 Å². The molecule has 0 atom stereocenters. The maximum absolute atomic E-state index is 11.4. The van der Waals surface area contributed by atoms with Crippen LogP contribution in [0.3, 0.4) is 0 Å². The molecule has 1 radical (unpaired) electrons. The summed E-state index contributed by atoms with van der Waals surface area (Å²) in [7, 11) is 0. The van der Waals surface area contributed by atoms with E-state index in [1.165, 1.54) is 0 Å². The standard InChI is InChI=1S/C14H13O2/c1-2-16-14(15)10-12-8-5-7-11-6-3-4-9-13(11)12/h3-9H,1-2,10H2. The van der Waals surface area contributed by atoms with E-state index in [-0.39, 0.29) is 12.6 Å². The molecule has 0 amide bonds. The Balaban J connectivity index is 2.33. The van der Waals surface area contributed by atoms with Crippen LogP contribution in [0.2, 0.25) is 0 Å². The first-order valence-electron chi connectivity index (χ1n) is 5.23. The summed E-state index contributed by atoms with van der Waals surface area (Å²) in [5.74, 6) is -0.230. The van der Waals surface area contributed by atoms with E-state index in [2.05, 4.69) is 6.92 Å². The monoisotopic (exact) mass is 213 g/mol. The molecule has 0 spiro atoms. The number of fused-ring (bicyclic) bond motifs is 1. The Morgan fingerprint density at radius 3 is 2.69 bits per heavy atom. The average molecular weight is 213 g/mol. The van der Waals surface area contributed by atoms with Crippen LogP contribution in [0.1, 0.15) is 5.56 Å². The molecule has 0 aliphatic rings. The molecule has 2 nitrogen and oxygen atoms in total. The quantitative estimate of drug-likeness (QED) is 0.733. The second-order valence-electron chi connectivity index (χ2n) is 3.54. The summed E-state index contributed by atoms with van der Waals surface area (Å²) in [5.41, 5.74) is 0.997. The van der Waals surface area contributed by atoms with Gasteiger partial charge in [-0.05, 0) is 23.3 Å². The summed E-state index contributed by atoms with van der Waals surface area (Å²) in [6, 6.07) is 13.9. The van der Waals surface area contributed by atoms with Gasteiger partial charge in [0.05, 0.1) is 13.0 Å². The minimum absolute atomic E-state index is 0.184. The molecule has 0 N–H and O–H groups in total.